The number of amides is 1. The smallest absolute Gasteiger partial charge is 0.243 e. The summed E-state index contributed by atoms with van der Waals surface area (Å²) in [4.78, 5) is 14.2. The summed E-state index contributed by atoms with van der Waals surface area (Å²) in [7, 11) is -0.713. The van der Waals surface area contributed by atoms with Crippen LogP contribution in [-0.2, 0) is 14.8 Å². The number of carbonyl (C=O) groups is 1. The van der Waals surface area contributed by atoms with E-state index in [0.29, 0.717) is 24.7 Å². The zero-order valence-corrected chi connectivity index (χ0v) is 17.9. The summed E-state index contributed by atoms with van der Waals surface area (Å²) in [6.45, 7) is 4.15. The fourth-order valence-corrected chi connectivity index (χ4v) is 4.22. The van der Waals surface area contributed by atoms with E-state index in [1.807, 2.05) is 38.1 Å². The summed E-state index contributed by atoms with van der Waals surface area (Å²) >= 11 is 0. The molecule has 1 unspecified atom stereocenters. The Morgan fingerprint density at radius 3 is 2.45 bits per heavy atom. The number of likely N-dealkylation sites (N-methyl/N-ethyl adjacent to an activating group) is 2. The second-order valence-electron chi connectivity index (χ2n) is 7.28. The molecule has 0 saturated heterocycles. The second-order valence-corrected chi connectivity index (χ2v) is 9.32. The van der Waals surface area contributed by atoms with Crippen molar-refractivity contribution in [2.45, 2.75) is 24.8 Å². The Kier molecular flexibility index (Phi) is 6.14. The number of para-hydroxylation sites is 2. The van der Waals surface area contributed by atoms with Crippen molar-refractivity contribution in [1.82, 2.24) is 9.21 Å². The first-order chi connectivity index (χ1) is 13.7. The van der Waals surface area contributed by atoms with Crippen molar-refractivity contribution < 1.29 is 22.7 Å². The molecule has 0 bridgehead atoms. The maximum absolute atomic E-state index is 12.8. The predicted molar refractivity (Wildman–Crippen MR) is 110 cm³/mol. The van der Waals surface area contributed by atoms with E-state index < -0.39 is 10.0 Å². The van der Waals surface area contributed by atoms with Gasteiger partial charge in [0.05, 0.1) is 18.0 Å². The van der Waals surface area contributed by atoms with Gasteiger partial charge in [-0.15, -0.1) is 0 Å². The molecule has 0 spiro atoms. The lowest BCUT2D eigenvalue weighted by molar-refractivity contribution is -0.131. The highest BCUT2D eigenvalue weighted by atomic mass is 32.2. The largest absolute Gasteiger partial charge is 0.486 e. The summed E-state index contributed by atoms with van der Waals surface area (Å²) in [5, 5.41) is 0. The highest BCUT2D eigenvalue weighted by Gasteiger charge is 2.27. The van der Waals surface area contributed by atoms with E-state index in [9.17, 15) is 13.2 Å². The Morgan fingerprint density at radius 1 is 1.07 bits per heavy atom. The molecule has 0 saturated carbocycles. The van der Waals surface area contributed by atoms with Crippen molar-refractivity contribution in [3.8, 4) is 11.5 Å². The minimum atomic E-state index is -3.75. The van der Waals surface area contributed by atoms with Crippen LogP contribution in [0.5, 0.6) is 11.5 Å². The molecule has 0 N–H and O–H groups in total. The number of fused-ring (bicyclic) bond motifs is 1. The van der Waals surface area contributed by atoms with E-state index in [-0.39, 0.29) is 23.5 Å². The predicted octanol–water partition coefficient (Wildman–Crippen LogP) is 2.22. The quantitative estimate of drug-likeness (QED) is 0.719. The fourth-order valence-electron chi connectivity index (χ4n) is 3.01. The van der Waals surface area contributed by atoms with Gasteiger partial charge in [-0.1, -0.05) is 18.2 Å². The monoisotopic (exact) mass is 418 g/mol. The van der Waals surface area contributed by atoms with Gasteiger partial charge in [-0.3, -0.25) is 4.79 Å². The van der Waals surface area contributed by atoms with Crippen LogP contribution < -0.4 is 9.47 Å². The summed E-state index contributed by atoms with van der Waals surface area (Å²) in [5.74, 6) is 0.998. The molecule has 1 aliphatic heterocycles. The van der Waals surface area contributed by atoms with E-state index in [0.717, 1.165) is 15.4 Å². The topological polar surface area (TPSA) is 76.2 Å². The molecule has 7 nitrogen and oxygen atoms in total. The van der Waals surface area contributed by atoms with Crippen LogP contribution >= 0.6 is 0 Å². The van der Waals surface area contributed by atoms with Gasteiger partial charge in [-0.05, 0) is 49.2 Å². The maximum atomic E-state index is 12.8. The zero-order chi connectivity index (χ0) is 21.2. The third-order valence-corrected chi connectivity index (χ3v) is 6.81. The number of rotatable bonds is 6. The highest BCUT2D eigenvalue weighted by Crippen LogP contribution is 2.31. The molecule has 2 aromatic rings. The van der Waals surface area contributed by atoms with Gasteiger partial charge in [0.25, 0.3) is 0 Å². The lowest BCUT2D eigenvalue weighted by atomic mass is 10.1. The van der Waals surface area contributed by atoms with Crippen LogP contribution in [-0.4, -0.2) is 63.4 Å². The van der Waals surface area contributed by atoms with Crippen LogP contribution in [0.2, 0.25) is 0 Å². The first-order valence-electron chi connectivity index (χ1n) is 9.34. The molecular formula is C21H26N2O5S. The van der Waals surface area contributed by atoms with Crippen molar-refractivity contribution in [1.29, 1.82) is 0 Å². The Morgan fingerprint density at radius 2 is 1.76 bits per heavy atom. The molecule has 8 heteroatoms. The van der Waals surface area contributed by atoms with E-state index in [1.54, 1.807) is 25.2 Å². The van der Waals surface area contributed by atoms with Crippen molar-refractivity contribution in [2.75, 3.05) is 33.8 Å². The molecule has 0 fully saturated rings. The summed E-state index contributed by atoms with van der Waals surface area (Å²) in [5.41, 5.74) is 1.90. The molecule has 1 heterocycles. The second kappa shape index (κ2) is 8.42. The van der Waals surface area contributed by atoms with Gasteiger partial charge >= 0.3 is 0 Å². The van der Waals surface area contributed by atoms with Gasteiger partial charge in [0, 0.05) is 14.1 Å². The molecule has 1 amide bonds. The first kappa shape index (κ1) is 21.1. The molecule has 1 atom stereocenters. The molecule has 3 rings (SSSR count). The standard InChI is InChI=1S/C21H26N2O5S/c1-15-9-10-18(11-16(15)2)29(25,26)23(4)13-21(24)22(3)12-17-14-27-19-7-5-6-8-20(19)28-17/h5-11,17H,12-14H2,1-4H3. The minimum absolute atomic E-state index is 0.180. The van der Waals surface area contributed by atoms with Gasteiger partial charge in [0.15, 0.2) is 17.6 Å². The van der Waals surface area contributed by atoms with Crippen molar-refractivity contribution in [3.05, 3.63) is 53.6 Å². The molecule has 0 aliphatic carbocycles. The van der Waals surface area contributed by atoms with Gasteiger partial charge in [-0.2, -0.15) is 4.31 Å². The molecular weight excluding hydrogens is 392 g/mol. The molecule has 29 heavy (non-hydrogen) atoms. The van der Waals surface area contributed by atoms with E-state index in [4.69, 9.17) is 9.47 Å². The van der Waals surface area contributed by atoms with Gasteiger partial charge in [0.2, 0.25) is 15.9 Å². The van der Waals surface area contributed by atoms with Gasteiger partial charge in [-0.25, -0.2) is 8.42 Å². The zero-order valence-electron chi connectivity index (χ0n) is 17.1. The summed E-state index contributed by atoms with van der Waals surface area (Å²) in [6.07, 6.45) is -0.319. The molecule has 0 radical (unpaired) electrons. The molecule has 2 aromatic carbocycles. The fraction of sp³-hybridized carbons (Fsp3) is 0.381. The molecule has 0 aromatic heterocycles. The lowest BCUT2D eigenvalue weighted by Crippen LogP contribution is -2.45. The first-order valence-corrected chi connectivity index (χ1v) is 10.8. The van der Waals surface area contributed by atoms with Gasteiger partial charge < -0.3 is 14.4 Å². The van der Waals surface area contributed by atoms with Gasteiger partial charge in [0.1, 0.15) is 6.61 Å². The number of nitrogens with zero attached hydrogens (tertiary/aromatic N) is 2. The average Bonchev–Trinajstić information content (AvgIpc) is 2.69. The van der Waals surface area contributed by atoms with E-state index in [1.165, 1.54) is 11.9 Å². The summed E-state index contributed by atoms with van der Waals surface area (Å²) < 4.78 is 38.2. The third kappa shape index (κ3) is 4.71. The Hall–Kier alpha value is -2.58. The SMILES string of the molecule is Cc1ccc(S(=O)(=O)N(C)CC(=O)N(C)CC2COc3ccccc3O2)cc1C. The number of ether oxygens (including phenoxy) is 2. The highest BCUT2D eigenvalue weighted by molar-refractivity contribution is 7.89. The Bertz CT molecular complexity index is 1010. The van der Waals surface area contributed by atoms with Crippen LogP contribution in [0, 0.1) is 13.8 Å². The number of benzene rings is 2. The van der Waals surface area contributed by atoms with Crippen molar-refractivity contribution in [3.63, 3.8) is 0 Å². The van der Waals surface area contributed by atoms with Crippen LogP contribution in [0.15, 0.2) is 47.4 Å². The number of hydrogen-bond donors (Lipinski definition) is 0. The minimum Gasteiger partial charge on any atom is -0.486 e. The van der Waals surface area contributed by atoms with E-state index >= 15 is 0 Å². The van der Waals surface area contributed by atoms with Crippen LogP contribution in [0.3, 0.4) is 0 Å². The molecule has 1 aliphatic rings. The summed E-state index contributed by atoms with van der Waals surface area (Å²) in [6, 6.07) is 12.3. The van der Waals surface area contributed by atoms with Crippen molar-refractivity contribution in [2.24, 2.45) is 0 Å². The third-order valence-electron chi connectivity index (χ3n) is 5.02. The van der Waals surface area contributed by atoms with Crippen LogP contribution in [0.1, 0.15) is 11.1 Å². The molecule has 156 valence electrons. The van der Waals surface area contributed by atoms with Crippen LogP contribution in [0.4, 0.5) is 0 Å². The normalized spacial score (nSPS) is 16.0. The number of hydrogen-bond acceptors (Lipinski definition) is 5. The van der Waals surface area contributed by atoms with Crippen molar-refractivity contribution >= 4 is 15.9 Å². The number of aryl methyl sites for hydroxylation is 2. The Balaban J connectivity index is 1.61. The maximum Gasteiger partial charge on any atom is 0.243 e. The average molecular weight is 419 g/mol. The number of carbonyl (C=O) groups excluding carboxylic acids is 1. The van der Waals surface area contributed by atoms with Crippen LogP contribution in [0.25, 0.3) is 0 Å². The van der Waals surface area contributed by atoms with E-state index in [2.05, 4.69) is 0 Å². The Labute approximate surface area is 171 Å². The lowest BCUT2D eigenvalue weighted by Gasteiger charge is -2.30. The number of sulfonamides is 1.